The number of anilines is 1. The molecule has 0 atom stereocenters. The summed E-state index contributed by atoms with van der Waals surface area (Å²) in [6, 6.07) is 5.26. The van der Waals surface area contributed by atoms with Crippen LogP contribution in [0, 0.1) is 11.2 Å². The van der Waals surface area contributed by atoms with E-state index in [1.54, 1.807) is 9.80 Å². The van der Waals surface area contributed by atoms with Crippen molar-refractivity contribution in [1.29, 1.82) is 0 Å². The number of carbonyl (C=O) groups is 3. The van der Waals surface area contributed by atoms with Crippen LogP contribution >= 0.6 is 0 Å². The first kappa shape index (κ1) is 20.7. The van der Waals surface area contributed by atoms with Gasteiger partial charge in [-0.2, -0.15) is 0 Å². The van der Waals surface area contributed by atoms with Gasteiger partial charge in [-0.05, 0) is 29.7 Å². The molecule has 0 saturated carbocycles. The highest BCUT2D eigenvalue weighted by Gasteiger charge is 2.24. The smallest absolute Gasteiger partial charge is 0.321 e. The molecule has 0 spiro atoms. The van der Waals surface area contributed by atoms with Gasteiger partial charge in [-0.3, -0.25) is 9.59 Å². The number of nitrogens with zero attached hydrogens (tertiary/aromatic N) is 2. The molecule has 1 saturated heterocycles. The van der Waals surface area contributed by atoms with Crippen molar-refractivity contribution in [3.05, 3.63) is 30.1 Å². The molecule has 2 rings (SSSR count). The predicted octanol–water partition coefficient (Wildman–Crippen LogP) is 2.05. The minimum absolute atomic E-state index is 0.0311. The molecule has 1 aliphatic rings. The molecule has 4 amide bonds. The van der Waals surface area contributed by atoms with Crippen molar-refractivity contribution in [2.75, 3.05) is 38.0 Å². The highest BCUT2D eigenvalue weighted by Crippen LogP contribution is 2.17. The van der Waals surface area contributed by atoms with Crippen LogP contribution in [0.2, 0.25) is 0 Å². The second-order valence-electron chi connectivity index (χ2n) is 7.82. The van der Waals surface area contributed by atoms with Gasteiger partial charge in [0.2, 0.25) is 11.8 Å². The summed E-state index contributed by atoms with van der Waals surface area (Å²) in [6.45, 7) is 7.47. The van der Waals surface area contributed by atoms with Crippen LogP contribution in [0.5, 0.6) is 0 Å². The van der Waals surface area contributed by atoms with Crippen molar-refractivity contribution in [2.45, 2.75) is 27.2 Å². The number of benzene rings is 1. The average molecular weight is 378 g/mol. The van der Waals surface area contributed by atoms with Crippen LogP contribution in [-0.4, -0.2) is 60.4 Å². The minimum Gasteiger partial charge on any atom is -0.347 e. The number of halogens is 1. The van der Waals surface area contributed by atoms with Crippen LogP contribution in [0.1, 0.15) is 27.2 Å². The molecular weight excluding hydrogens is 351 g/mol. The van der Waals surface area contributed by atoms with Gasteiger partial charge in [0.1, 0.15) is 5.82 Å². The first-order valence-electron chi connectivity index (χ1n) is 9.00. The molecule has 0 unspecified atom stereocenters. The Morgan fingerprint density at radius 2 is 1.56 bits per heavy atom. The summed E-state index contributed by atoms with van der Waals surface area (Å²) in [7, 11) is 0. The van der Waals surface area contributed by atoms with Crippen molar-refractivity contribution in [3.63, 3.8) is 0 Å². The molecule has 148 valence electrons. The fourth-order valence-electron chi connectivity index (χ4n) is 2.72. The van der Waals surface area contributed by atoms with Crippen LogP contribution < -0.4 is 10.6 Å². The van der Waals surface area contributed by atoms with Gasteiger partial charge < -0.3 is 20.4 Å². The number of piperazine rings is 1. The second-order valence-corrected chi connectivity index (χ2v) is 7.82. The number of urea groups is 1. The zero-order valence-corrected chi connectivity index (χ0v) is 16.0. The fourth-order valence-corrected chi connectivity index (χ4v) is 2.72. The Kier molecular flexibility index (Phi) is 6.76. The maximum Gasteiger partial charge on any atom is 0.321 e. The monoisotopic (exact) mass is 378 g/mol. The molecular formula is C19H27FN4O3. The molecule has 1 aromatic carbocycles. The van der Waals surface area contributed by atoms with Crippen molar-refractivity contribution in [1.82, 2.24) is 15.1 Å². The molecule has 0 bridgehead atoms. The van der Waals surface area contributed by atoms with E-state index >= 15 is 0 Å². The zero-order valence-electron chi connectivity index (χ0n) is 16.0. The van der Waals surface area contributed by atoms with Crippen LogP contribution in [0.25, 0.3) is 0 Å². The Bertz CT molecular complexity index is 677. The maximum atomic E-state index is 12.9. The molecule has 1 fully saturated rings. The van der Waals surface area contributed by atoms with E-state index in [1.807, 2.05) is 20.8 Å². The van der Waals surface area contributed by atoms with Crippen LogP contribution in [0.3, 0.4) is 0 Å². The largest absolute Gasteiger partial charge is 0.347 e. The van der Waals surface area contributed by atoms with Gasteiger partial charge in [-0.15, -0.1) is 0 Å². The Morgan fingerprint density at radius 3 is 2.11 bits per heavy atom. The van der Waals surface area contributed by atoms with Gasteiger partial charge >= 0.3 is 6.03 Å². The lowest BCUT2D eigenvalue weighted by molar-refractivity contribution is -0.134. The van der Waals surface area contributed by atoms with E-state index in [9.17, 15) is 18.8 Å². The molecule has 1 aliphatic heterocycles. The third kappa shape index (κ3) is 6.88. The predicted molar refractivity (Wildman–Crippen MR) is 101 cm³/mol. The van der Waals surface area contributed by atoms with E-state index in [2.05, 4.69) is 10.6 Å². The molecule has 27 heavy (non-hydrogen) atoms. The van der Waals surface area contributed by atoms with Crippen molar-refractivity contribution in [3.8, 4) is 0 Å². The lowest BCUT2D eigenvalue weighted by Gasteiger charge is -2.34. The molecule has 0 aromatic heterocycles. The summed E-state index contributed by atoms with van der Waals surface area (Å²) in [4.78, 5) is 39.5. The Labute approximate surface area is 158 Å². The first-order valence-corrected chi connectivity index (χ1v) is 9.00. The van der Waals surface area contributed by atoms with Crippen molar-refractivity contribution in [2.24, 2.45) is 5.41 Å². The van der Waals surface area contributed by atoms with E-state index in [0.717, 1.165) is 0 Å². The van der Waals surface area contributed by atoms with Gasteiger partial charge in [0.25, 0.3) is 0 Å². The zero-order chi connectivity index (χ0) is 20.0. The van der Waals surface area contributed by atoms with Crippen LogP contribution in [-0.2, 0) is 9.59 Å². The van der Waals surface area contributed by atoms with Gasteiger partial charge in [0, 0.05) is 38.3 Å². The third-order valence-corrected chi connectivity index (χ3v) is 4.14. The summed E-state index contributed by atoms with van der Waals surface area (Å²) < 4.78 is 12.9. The number of amides is 4. The van der Waals surface area contributed by atoms with E-state index in [-0.39, 0.29) is 35.6 Å². The van der Waals surface area contributed by atoms with Gasteiger partial charge in [0.05, 0.1) is 6.54 Å². The molecule has 8 heteroatoms. The normalized spacial score (nSPS) is 14.7. The van der Waals surface area contributed by atoms with Gasteiger partial charge in [0.15, 0.2) is 0 Å². The molecule has 1 aromatic rings. The average Bonchev–Trinajstić information content (AvgIpc) is 2.60. The van der Waals surface area contributed by atoms with E-state index in [0.29, 0.717) is 38.3 Å². The third-order valence-electron chi connectivity index (χ3n) is 4.14. The van der Waals surface area contributed by atoms with E-state index < -0.39 is 0 Å². The summed E-state index contributed by atoms with van der Waals surface area (Å²) in [6.07, 6.45) is 0.359. The standard InChI is InChI=1S/C19H27FN4O3/c1-19(2,3)12-16(25)21-13-17(26)23-8-10-24(11-9-23)18(27)22-15-6-4-14(20)5-7-15/h4-7H,8-13H2,1-3H3,(H,21,25)(H,22,27). The van der Waals surface area contributed by atoms with Crippen LogP contribution in [0.4, 0.5) is 14.9 Å². The highest BCUT2D eigenvalue weighted by molar-refractivity contribution is 5.89. The number of hydrogen-bond donors (Lipinski definition) is 2. The Hall–Kier alpha value is -2.64. The summed E-state index contributed by atoms with van der Waals surface area (Å²) >= 11 is 0. The minimum atomic E-state index is -0.366. The summed E-state index contributed by atoms with van der Waals surface area (Å²) in [5.74, 6) is -0.668. The summed E-state index contributed by atoms with van der Waals surface area (Å²) in [5.41, 5.74) is 0.387. The Balaban J connectivity index is 1.74. The first-order chi connectivity index (χ1) is 12.6. The lowest BCUT2D eigenvalue weighted by Crippen LogP contribution is -2.53. The van der Waals surface area contributed by atoms with Crippen molar-refractivity contribution >= 4 is 23.5 Å². The quantitative estimate of drug-likeness (QED) is 0.841. The van der Waals surface area contributed by atoms with E-state index in [4.69, 9.17) is 0 Å². The SMILES string of the molecule is CC(C)(C)CC(=O)NCC(=O)N1CCN(C(=O)Nc2ccc(F)cc2)CC1. The van der Waals surface area contributed by atoms with Gasteiger partial charge in [-0.1, -0.05) is 20.8 Å². The number of rotatable bonds is 4. The molecule has 0 radical (unpaired) electrons. The topological polar surface area (TPSA) is 81.8 Å². The lowest BCUT2D eigenvalue weighted by atomic mass is 9.92. The van der Waals surface area contributed by atoms with Crippen molar-refractivity contribution < 1.29 is 18.8 Å². The number of hydrogen-bond acceptors (Lipinski definition) is 3. The second kappa shape index (κ2) is 8.83. The molecule has 1 heterocycles. The molecule has 0 aliphatic carbocycles. The number of nitrogens with one attached hydrogen (secondary N) is 2. The maximum absolute atomic E-state index is 12.9. The Morgan fingerprint density at radius 1 is 1.00 bits per heavy atom. The summed E-state index contributed by atoms with van der Waals surface area (Å²) in [5, 5.41) is 5.36. The molecule has 7 nitrogen and oxygen atoms in total. The highest BCUT2D eigenvalue weighted by atomic mass is 19.1. The molecule has 2 N–H and O–H groups in total. The van der Waals surface area contributed by atoms with Gasteiger partial charge in [-0.25, -0.2) is 9.18 Å². The van der Waals surface area contributed by atoms with Crippen LogP contribution in [0.15, 0.2) is 24.3 Å². The fraction of sp³-hybridized carbons (Fsp3) is 0.526. The van der Waals surface area contributed by atoms with E-state index in [1.165, 1.54) is 24.3 Å². The number of carbonyl (C=O) groups excluding carboxylic acids is 3.